The first kappa shape index (κ1) is 11.2. The number of nitrogens with zero attached hydrogens (tertiary/aromatic N) is 1. The molecule has 0 atom stereocenters. The van der Waals surface area contributed by atoms with Crippen LogP contribution in [0.25, 0.3) is 0 Å². The van der Waals surface area contributed by atoms with Gasteiger partial charge in [0, 0.05) is 19.3 Å². The SMILES string of the molecule is COC(=O)C(=O)c1cn(C(C)=O)cc1C. The molecule has 5 nitrogen and oxygen atoms in total. The van der Waals surface area contributed by atoms with Crippen LogP contribution in [-0.2, 0) is 9.53 Å². The highest BCUT2D eigenvalue weighted by atomic mass is 16.5. The predicted octanol–water partition coefficient (Wildman–Crippen LogP) is 0.812. The third-order valence-corrected chi connectivity index (χ3v) is 2.00. The molecule has 0 bridgehead atoms. The van der Waals surface area contributed by atoms with Gasteiger partial charge in [-0.25, -0.2) is 4.79 Å². The van der Waals surface area contributed by atoms with Gasteiger partial charge in [0.2, 0.25) is 5.91 Å². The molecule has 0 spiro atoms. The summed E-state index contributed by atoms with van der Waals surface area (Å²) >= 11 is 0. The number of aromatic nitrogens is 1. The molecule has 80 valence electrons. The van der Waals surface area contributed by atoms with Crippen molar-refractivity contribution in [2.45, 2.75) is 13.8 Å². The molecule has 1 rings (SSSR count). The molecule has 0 unspecified atom stereocenters. The summed E-state index contributed by atoms with van der Waals surface area (Å²) in [5, 5.41) is 0. The average Bonchev–Trinajstić information content (AvgIpc) is 2.58. The topological polar surface area (TPSA) is 65.4 Å². The zero-order valence-electron chi connectivity index (χ0n) is 8.73. The Hall–Kier alpha value is -1.91. The van der Waals surface area contributed by atoms with Crippen LogP contribution in [0.2, 0.25) is 0 Å². The number of carbonyl (C=O) groups is 3. The minimum atomic E-state index is -0.931. The molecule has 0 saturated carbocycles. The van der Waals surface area contributed by atoms with E-state index in [1.165, 1.54) is 23.9 Å². The third-order valence-electron chi connectivity index (χ3n) is 2.00. The Bertz CT molecular complexity index is 431. The lowest BCUT2D eigenvalue weighted by Gasteiger charge is -1.96. The Morgan fingerprint density at radius 3 is 2.27 bits per heavy atom. The Morgan fingerprint density at radius 1 is 1.27 bits per heavy atom. The number of ether oxygens (including phenoxy) is 1. The fourth-order valence-corrected chi connectivity index (χ4v) is 1.18. The number of hydrogen-bond donors (Lipinski definition) is 0. The Labute approximate surface area is 86.6 Å². The van der Waals surface area contributed by atoms with Crippen molar-refractivity contribution in [2.24, 2.45) is 0 Å². The molecule has 5 heteroatoms. The lowest BCUT2D eigenvalue weighted by molar-refractivity contribution is -0.135. The van der Waals surface area contributed by atoms with Gasteiger partial charge in [0.25, 0.3) is 5.78 Å². The summed E-state index contributed by atoms with van der Waals surface area (Å²) in [6.07, 6.45) is 2.83. The highest BCUT2D eigenvalue weighted by Gasteiger charge is 2.20. The summed E-state index contributed by atoms with van der Waals surface area (Å²) < 4.78 is 5.56. The minimum absolute atomic E-state index is 0.192. The smallest absolute Gasteiger partial charge is 0.379 e. The van der Waals surface area contributed by atoms with E-state index in [0.29, 0.717) is 5.56 Å². The van der Waals surface area contributed by atoms with Crippen LogP contribution in [0.3, 0.4) is 0 Å². The van der Waals surface area contributed by atoms with E-state index in [0.717, 1.165) is 7.11 Å². The second-order valence-electron chi connectivity index (χ2n) is 3.10. The number of carbonyl (C=O) groups excluding carboxylic acids is 3. The lowest BCUT2D eigenvalue weighted by atomic mass is 10.1. The van der Waals surface area contributed by atoms with Gasteiger partial charge in [-0.2, -0.15) is 0 Å². The van der Waals surface area contributed by atoms with Gasteiger partial charge >= 0.3 is 5.97 Å². The van der Waals surface area contributed by atoms with Gasteiger partial charge in [0.05, 0.1) is 12.7 Å². The van der Waals surface area contributed by atoms with E-state index in [2.05, 4.69) is 4.74 Å². The third kappa shape index (κ3) is 2.12. The van der Waals surface area contributed by atoms with Gasteiger partial charge in [-0.15, -0.1) is 0 Å². The van der Waals surface area contributed by atoms with Crippen LogP contribution < -0.4 is 0 Å². The molecule has 1 aromatic heterocycles. The Kier molecular flexibility index (Phi) is 3.04. The maximum atomic E-state index is 11.4. The van der Waals surface area contributed by atoms with Crippen LogP contribution in [0.4, 0.5) is 0 Å². The number of methoxy groups -OCH3 is 1. The van der Waals surface area contributed by atoms with E-state index in [4.69, 9.17) is 0 Å². The van der Waals surface area contributed by atoms with Crippen LogP contribution in [-0.4, -0.2) is 29.3 Å². The minimum Gasteiger partial charge on any atom is -0.463 e. The van der Waals surface area contributed by atoms with Crippen LogP contribution in [0.15, 0.2) is 12.4 Å². The fourth-order valence-electron chi connectivity index (χ4n) is 1.18. The second-order valence-corrected chi connectivity index (χ2v) is 3.10. The second kappa shape index (κ2) is 4.08. The molecule has 0 radical (unpaired) electrons. The normalized spacial score (nSPS) is 9.80. The zero-order valence-corrected chi connectivity index (χ0v) is 8.73. The number of esters is 1. The van der Waals surface area contributed by atoms with E-state index >= 15 is 0 Å². The van der Waals surface area contributed by atoms with Gasteiger partial charge in [-0.3, -0.25) is 14.2 Å². The summed E-state index contributed by atoms with van der Waals surface area (Å²) in [6, 6.07) is 0. The molecule has 0 aliphatic rings. The van der Waals surface area contributed by atoms with Crippen molar-refractivity contribution in [3.63, 3.8) is 0 Å². The largest absolute Gasteiger partial charge is 0.463 e. The Morgan fingerprint density at radius 2 is 1.87 bits per heavy atom. The zero-order chi connectivity index (χ0) is 11.6. The summed E-state index contributed by atoms with van der Waals surface area (Å²) in [5.74, 6) is -1.89. The molecule has 0 aromatic carbocycles. The Balaban J connectivity index is 3.10. The number of rotatable bonds is 2. The van der Waals surface area contributed by atoms with E-state index in [1.807, 2.05) is 0 Å². The molecule has 0 N–H and O–H groups in total. The van der Waals surface area contributed by atoms with Crippen LogP contribution in [0.1, 0.15) is 27.6 Å². The lowest BCUT2D eigenvalue weighted by Crippen LogP contribution is -2.16. The maximum Gasteiger partial charge on any atom is 0.379 e. The first-order valence-electron chi connectivity index (χ1n) is 4.29. The van der Waals surface area contributed by atoms with Gasteiger partial charge in [-0.05, 0) is 12.5 Å². The predicted molar refractivity (Wildman–Crippen MR) is 51.8 cm³/mol. The van der Waals surface area contributed by atoms with Crippen molar-refractivity contribution in [3.05, 3.63) is 23.5 Å². The standard InChI is InChI=1S/C10H11NO4/c1-6-4-11(7(2)12)5-8(6)9(13)10(14)15-3/h4-5H,1-3H3. The quantitative estimate of drug-likeness (QED) is 0.410. The summed E-state index contributed by atoms with van der Waals surface area (Å²) in [4.78, 5) is 33.4. The van der Waals surface area contributed by atoms with Crippen LogP contribution >= 0.6 is 0 Å². The molecular weight excluding hydrogens is 198 g/mol. The molecule has 1 heterocycles. The van der Waals surface area contributed by atoms with Gasteiger partial charge in [-0.1, -0.05) is 0 Å². The molecular formula is C10H11NO4. The number of ketones is 1. The van der Waals surface area contributed by atoms with Gasteiger partial charge in [0.1, 0.15) is 0 Å². The average molecular weight is 209 g/mol. The molecule has 1 aromatic rings. The van der Waals surface area contributed by atoms with Crippen molar-refractivity contribution >= 4 is 17.7 Å². The van der Waals surface area contributed by atoms with Crippen molar-refractivity contribution in [2.75, 3.05) is 7.11 Å². The number of Topliss-reactive ketones (excluding diaryl/α,β-unsaturated/α-hetero) is 1. The molecule has 0 aliphatic carbocycles. The van der Waals surface area contributed by atoms with Crippen molar-refractivity contribution < 1.29 is 19.1 Å². The number of aryl methyl sites for hydroxylation is 1. The van der Waals surface area contributed by atoms with Crippen molar-refractivity contribution in [1.82, 2.24) is 4.57 Å². The van der Waals surface area contributed by atoms with Crippen molar-refractivity contribution in [3.8, 4) is 0 Å². The molecule has 0 saturated heterocycles. The van der Waals surface area contributed by atoms with E-state index in [1.54, 1.807) is 6.92 Å². The van der Waals surface area contributed by atoms with Crippen LogP contribution in [0.5, 0.6) is 0 Å². The summed E-state index contributed by atoms with van der Waals surface area (Å²) in [6.45, 7) is 3.02. The highest BCUT2D eigenvalue weighted by molar-refractivity contribution is 6.41. The van der Waals surface area contributed by atoms with E-state index < -0.39 is 11.8 Å². The molecule has 0 fully saturated rings. The van der Waals surface area contributed by atoms with E-state index in [-0.39, 0.29) is 11.5 Å². The maximum absolute atomic E-state index is 11.4. The van der Waals surface area contributed by atoms with E-state index in [9.17, 15) is 14.4 Å². The molecule has 0 aliphatic heterocycles. The van der Waals surface area contributed by atoms with Gasteiger partial charge < -0.3 is 4.74 Å². The monoisotopic (exact) mass is 209 g/mol. The first-order valence-corrected chi connectivity index (χ1v) is 4.29. The van der Waals surface area contributed by atoms with Crippen molar-refractivity contribution in [1.29, 1.82) is 0 Å². The highest BCUT2D eigenvalue weighted by Crippen LogP contribution is 2.10. The molecule has 0 amide bonds. The fraction of sp³-hybridized carbons (Fsp3) is 0.300. The molecule has 15 heavy (non-hydrogen) atoms. The van der Waals surface area contributed by atoms with Gasteiger partial charge in [0.15, 0.2) is 0 Å². The van der Waals surface area contributed by atoms with Crippen LogP contribution in [0, 0.1) is 6.92 Å². The number of hydrogen-bond acceptors (Lipinski definition) is 4. The summed E-state index contributed by atoms with van der Waals surface area (Å²) in [7, 11) is 1.14. The summed E-state index contributed by atoms with van der Waals surface area (Å²) in [5.41, 5.74) is 0.762. The first-order chi connectivity index (χ1) is 6.97.